The monoisotopic (exact) mass is 292 g/mol. The minimum Gasteiger partial charge on any atom is -0.341 e. The van der Waals surface area contributed by atoms with E-state index < -0.39 is 5.82 Å². The van der Waals surface area contributed by atoms with Gasteiger partial charge in [0.25, 0.3) is 0 Å². The molecule has 4 heterocycles. The summed E-state index contributed by atoms with van der Waals surface area (Å²) in [7, 11) is 0. The Hall–Kier alpha value is -1.83. The van der Waals surface area contributed by atoms with Crippen LogP contribution in [0.1, 0.15) is 12.8 Å². The lowest BCUT2D eigenvalue weighted by Crippen LogP contribution is -2.37. The van der Waals surface area contributed by atoms with Crippen molar-refractivity contribution in [2.75, 3.05) is 22.9 Å². The summed E-state index contributed by atoms with van der Waals surface area (Å²) >= 11 is 1.57. The Labute approximate surface area is 119 Å². The highest BCUT2D eigenvalue weighted by atomic mass is 32.1. The zero-order valence-corrected chi connectivity index (χ0v) is 11.5. The third-order valence-corrected chi connectivity index (χ3v) is 4.76. The van der Waals surface area contributed by atoms with Gasteiger partial charge in [0.2, 0.25) is 11.1 Å². The zero-order chi connectivity index (χ0) is 13.5. The Morgan fingerprint density at radius 1 is 1.10 bits per heavy atom. The predicted molar refractivity (Wildman–Crippen MR) is 73.4 cm³/mol. The second-order valence-electron chi connectivity index (χ2n) is 5.02. The van der Waals surface area contributed by atoms with Crippen molar-refractivity contribution in [3.63, 3.8) is 0 Å². The topological polar surface area (TPSA) is 58.0 Å². The molecular formula is C12H13FN6S. The van der Waals surface area contributed by atoms with Crippen molar-refractivity contribution >= 4 is 22.4 Å². The van der Waals surface area contributed by atoms with E-state index in [4.69, 9.17) is 0 Å². The zero-order valence-electron chi connectivity index (χ0n) is 10.7. The van der Waals surface area contributed by atoms with Crippen LogP contribution in [0.15, 0.2) is 17.9 Å². The molecule has 0 saturated carbocycles. The predicted octanol–water partition coefficient (Wildman–Crippen LogP) is 1.32. The van der Waals surface area contributed by atoms with Crippen LogP contribution in [-0.2, 0) is 0 Å². The normalized spacial score (nSPS) is 25.2. The Morgan fingerprint density at radius 3 is 2.50 bits per heavy atom. The van der Waals surface area contributed by atoms with Crippen LogP contribution in [0.3, 0.4) is 0 Å². The first-order valence-electron chi connectivity index (χ1n) is 6.60. The number of anilines is 2. The highest BCUT2D eigenvalue weighted by molar-refractivity contribution is 7.13. The molecule has 2 saturated heterocycles. The van der Waals surface area contributed by atoms with Gasteiger partial charge in [-0.05, 0) is 12.8 Å². The summed E-state index contributed by atoms with van der Waals surface area (Å²) in [5.41, 5.74) is 1.76. The van der Waals surface area contributed by atoms with Crippen LogP contribution in [0, 0.1) is 5.82 Å². The highest BCUT2D eigenvalue weighted by Crippen LogP contribution is 2.36. The molecule has 2 aromatic rings. The average molecular weight is 292 g/mol. The van der Waals surface area contributed by atoms with Gasteiger partial charge in [-0.2, -0.15) is 0 Å². The van der Waals surface area contributed by atoms with Crippen molar-refractivity contribution < 1.29 is 4.39 Å². The average Bonchev–Trinajstić information content (AvgIpc) is 3.16. The van der Waals surface area contributed by atoms with Gasteiger partial charge in [0.1, 0.15) is 5.51 Å². The van der Waals surface area contributed by atoms with Crippen molar-refractivity contribution in [2.45, 2.75) is 24.9 Å². The summed E-state index contributed by atoms with van der Waals surface area (Å²) < 4.78 is 12.9. The summed E-state index contributed by atoms with van der Waals surface area (Å²) in [5.74, 6) is 0.226. The van der Waals surface area contributed by atoms with Gasteiger partial charge in [-0.25, -0.2) is 14.4 Å². The molecule has 0 aromatic carbocycles. The lowest BCUT2D eigenvalue weighted by molar-refractivity contribution is 0.604. The smallest absolute Gasteiger partial charge is 0.225 e. The van der Waals surface area contributed by atoms with E-state index in [1.54, 1.807) is 16.8 Å². The van der Waals surface area contributed by atoms with E-state index >= 15 is 0 Å². The van der Waals surface area contributed by atoms with E-state index in [-0.39, 0.29) is 0 Å². The van der Waals surface area contributed by atoms with Crippen LogP contribution in [0.5, 0.6) is 0 Å². The van der Waals surface area contributed by atoms with Gasteiger partial charge in [-0.15, -0.1) is 10.2 Å². The molecule has 2 fully saturated rings. The molecule has 4 rings (SSSR count). The fourth-order valence-electron chi connectivity index (χ4n) is 3.22. The lowest BCUT2D eigenvalue weighted by atomic mass is 10.1. The van der Waals surface area contributed by atoms with Crippen molar-refractivity contribution in [3.8, 4) is 0 Å². The Balaban J connectivity index is 1.58. The van der Waals surface area contributed by atoms with Crippen LogP contribution in [0.25, 0.3) is 0 Å². The van der Waals surface area contributed by atoms with Crippen molar-refractivity contribution in [1.29, 1.82) is 0 Å². The van der Waals surface area contributed by atoms with E-state index in [0.29, 0.717) is 18.0 Å². The maximum atomic E-state index is 12.9. The molecule has 2 atom stereocenters. The number of fused-ring (bicyclic) bond motifs is 1. The van der Waals surface area contributed by atoms with E-state index in [2.05, 4.69) is 30.0 Å². The molecule has 0 radical (unpaired) electrons. The van der Waals surface area contributed by atoms with Crippen LogP contribution in [-0.4, -0.2) is 45.3 Å². The van der Waals surface area contributed by atoms with Gasteiger partial charge >= 0.3 is 0 Å². The van der Waals surface area contributed by atoms with Crippen molar-refractivity contribution in [3.05, 3.63) is 23.7 Å². The summed E-state index contributed by atoms with van der Waals surface area (Å²) in [5, 5.41) is 9.06. The molecule has 0 aliphatic carbocycles. The molecule has 2 aliphatic heterocycles. The van der Waals surface area contributed by atoms with E-state index in [9.17, 15) is 4.39 Å². The molecule has 0 spiro atoms. The van der Waals surface area contributed by atoms with E-state index in [1.165, 1.54) is 12.4 Å². The molecule has 8 heteroatoms. The molecule has 0 amide bonds. The molecule has 6 nitrogen and oxygen atoms in total. The fourth-order valence-corrected chi connectivity index (χ4v) is 3.86. The Kier molecular flexibility index (Phi) is 2.76. The summed E-state index contributed by atoms with van der Waals surface area (Å²) in [6.07, 6.45) is 4.55. The lowest BCUT2D eigenvalue weighted by Gasteiger charge is -2.24. The number of hydrogen-bond acceptors (Lipinski definition) is 7. The third-order valence-electron chi connectivity index (χ3n) is 4.03. The highest BCUT2D eigenvalue weighted by Gasteiger charge is 2.44. The largest absolute Gasteiger partial charge is 0.341 e. The summed E-state index contributed by atoms with van der Waals surface area (Å²) in [6.45, 7) is 1.87. The quantitative estimate of drug-likeness (QED) is 0.832. The summed E-state index contributed by atoms with van der Waals surface area (Å²) in [4.78, 5) is 12.7. The minimum atomic E-state index is -0.397. The van der Waals surface area contributed by atoms with E-state index in [0.717, 1.165) is 31.1 Å². The molecule has 0 unspecified atom stereocenters. The van der Waals surface area contributed by atoms with Crippen LogP contribution in [0.4, 0.5) is 15.5 Å². The maximum absolute atomic E-state index is 12.9. The number of aromatic nitrogens is 4. The minimum absolute atomic E-state index is 0.379. The first-order chi connectivity index (χ1) is 9.83. The SMILES string of the molecule is Fc1cnc(N2CC[C@@H]3[C@H]2CCN3c2nncs2)nc1. The van der Waals surface area contributed by atoms with Gasteiger partial charge in [0.15, 0.2) is 5.82 Å². The molecule has 0 N–H and O–H groups in total. The van der Waals surface area contributed by atoms with Crippen LogP contribution < -0.4 is 9.80 Å². The second-order valence-corrected chi connectivity index (χ2v) is 5.83. The molecule has 104 valence electrons. The molecule has 20 heavy (non-hydrogen) atoms. The number of rotatable bonds is 2. The molecule has 0 bridgehead atoms. The van der Waals surface area contributed by atoms with E-state index in [1.807, 2.05) is 0 Å². The first kappa shape index (κ1) is 12.0. The Morgan fingerprint density at radius 2 is 1.80 bits per heavy atom. The number of nitrogens with zero attached hydrogens (tertiary/aromatic N) is 6. The molecule has 2 aromatic heterocycles. The van der Waals surface area contributed by atoms with Gasteiger partial charge in [-0.1, -0.05) is 11.3 Å². The molecule has 2 aliphatic rings. The standard InChI is InChI=1S/C12H13FN6S/c13-8-5-14-11(15-6-8)18-3-1-10-9(18)2-4-19(10)12-17-16-7-20-12/h5-7,9-10H,1-4H2/t9-,10-/m1/s1. The molecular weight excluding hydrogens is 279 g/mol. The van der Waals surface area contributed by atoms with Crippen molar-refractivity contribution in [2.24, 2.45) is 0 Å². The van der Waals surface area contributed by atoms with Gasteiger partial charge in [0, 0.05) is 13.1 Å². The van der Waals surface area contributed by atoms with Crippen LogP contribution in [0.2, 0.25) is 0 Å². The maximum Gasteiger partial charge on any atom is 0.225 e. The fraction of sp³-hybridized carbons (Fsp3) is 0.500. The van der Waals surface area contributed by atoms with Gasteiger partial charge in [0.05, 0.1) is 24.5 Å². The second kappa shape index (κ2) is 4.62. The van der Waals surface area contributed by atoms with Crippen LogP contribution >= 0.6 is 11.3 Å². The summed E-state index contributed by atoms with van der Waals surface area (Å²) in [6, 6.07) is 0.806. The number of halogens is 1. The first-order valence-corrected chi connectivity index (χ1v) is 7.48. The number of hydrogen-bond donors (Lipinski definition) is 0. The van der Waals surface area contributed by atoms with Gasteiger partial charge < -0.3 is 9.80 Å². The Bertz CT molecular complexity index is 589. The third kappa shape index (κ3) is 1.82. The van der Waals surface area contributed by atoms with Crippen molar-refractivity contribution in [1.82, 2.24) is 20.2 Å². The van der Waals surface area contributed by atoms with Gasteiger partial charge in [-0.3, -0.25) is 0 Å².